The van der Waals surface area contributed by atoms with Crippen LogP contribution in [0.4, 0.5) is 0 Å². The van der Waals surface area contributed by atoms with Crippen LogP contribution >= 0.6 is 0 Å². The van der Waals surface area contributed by atoms with Crippen LogP contribution in [0.1, 0.15) is 17.3 Å². The maximum absolute atomic E-state index is 11.8. The van der Waals surface area contributed by atoms with Gasteiger partial charge in [0.2, 0.25) is 0 Å². The molecule has 102 valence electrons. The minimum absolute atomic E-state index is 0.272. The molecule has 0 bridgehead atoms. The Morgan fingerprint density at radius 1 is 1.11 bits per heavy atom. The zero-order valence-electron chi connectivity index (χ0n) is 11.1. The molecule has 0 amide bonds. The van der Waals surface area contributed by atoms with Crippen molar-refractivity contribution < 1.29 is 23.8 Å². The van der Waals surface area contributed by atoms with E-state index < -0.39 is 5.97 Å². The van der Waals surface area contributed by atoms with Crippen LogP contribution in [0, 0.1) is 0 Å². The number of ether oxygens (including phenoxy) is 3. The Kier molecular flexibility index (Phi) is 5.60. The molecule has 0 aromatic heterocycles. The van der Waals surface area contributed by atoms with Crippen molar-refractivity contribution in [3.63, 3.8) is 0 Å². The largest absolute Gasteiger partial charge is 0.493 e. The number of allylic oxidation sites excluding steroid dienone is 1. The van der Waals surface area contributed by atoms with Gasteiger partial charge >= 0.3 is 5.97 Å². The number of esters is 1. The standard InChI is InChI=1S/C14H16O5/c1-4-19-14(16)8-6-11(15)10-5-7-12(17-2)13(9-10)18-3/h5-9H,4H2,1-3H3. The molecule has 1 rings (SSSR count). The molecule has 0 saturated heterocycles. The van der Waals surface area contributed by atoms with Gasteiger partial charge in [0.05, 0.1) is 20.8 Å². The van der Waals surface area contributed by atoms with Crippen molar-refractivity contribution in [2.24, 2.45) is 0 Å². The van der Waals surface area contributed by atoms with Crippen molar-refractivity contribution >= 4 is 11.8 Å². The molecular weight excluding hydrogens is 248 g/mol. The third kappa shape index (κ3) is 4.13. The molecule has 0 saturated carbocycles. The van der Waals surface area contributed by atoms with Crippen LogP contribution in [0.25, 0.3) is 0 Å². The Labute approximate surface area is 111 Å². The van der Waals surface area contributed by atoms with E-state index in [9.17, 15) is 9.59 Å². The lowest BCUT2D eigenvalue weighted by Gasteiger charge is -2.07. The van der Waals surface area contributed by atoms with Crippen molar-refractivity contribution in [3.05, 3.63) is 35.9 Å². The zero-order chi connectivity index (χ0) is 14.3. The van der Waals surface area contributed by atoms with Crippen LogP contribution in [0.3, 0.4) is 0 Å². The van der Waals surface area contributed by atoms with Crippen molar-refractivity contribution in [3.8, 4) is 11.5 Å². The predicted molar refractivity (Wildman–Crippen MR) is 69.6 cm³/mol. The smallest absolute Gasteiger partial charge is 0.330 e. The highest BCUT2D eigenvalue weighted by atomic mass is 16.5. The molecule has 0 radical (unpaired) electrons. The van der Waals surface area contributed by atoms with Crippen molar-refractivity contribution in [1.29, 1.82) is 0 Å². The highest BCUT2D eigenvalue weighted by molar-refractivity contribution is 6.07. The first-order chi connectivity index (χ1) is 9.12. The second-order valence-electron chi connectivity index (χ2n) is 3.52. The summed E-state index contributed by atoms with van der Waals surface area (Å²) in [6.07, 6.45) is 2.27. The Morgan fingerprint density at radius 3 is 2.37 bits per heavy atom. The Morgan fingerprint density at radius 2 is 1.79 bits per heavy atom. The van der Waals surface area contributed by atoms with Gasteiger partial charge in [0.15, 0.2) is 17.3 Å². The molecule has 0 aliphatic carbocycles. The summed E-state index contributed by atoms with van der Waals surface area (Å²) >= 11 is 0. The van der Waals surface area contributed by atoms with E-state index in [-0.39, 0.29) is 12.4 Å². The summed E-state index contributed by atoms with van der Waals surface area (Å²) in [7, 11) is 3.00. The van der Waals surface area contributed by atoms with Gasteiger partial charge in [-0.15, -0.1) is 0 Å². The minimum atomic E-state index is -0.545. The molecule has 0 atom stereocenters. The fourth-order valence-corrected chi connectivity index (χ4v) is 1.42. The zero-order valence-corrected chi connectivity index (χ0v) is 11.1. The molecule has 1 aromatic carbocycles. The number of rotatable bonds is 6. The third-order valence-corrected chi connectivity index (χ3v) is 2.33. The summed E-state index contributed by atoms with van der Waals surface area (Å²) in [6.45, 7) is 1.97. The van der Waals surface area contributed by atoms with Gasteiger partial charge < -0.3 is 14.2 Å². The summed E-state index contributed by atoms with van der Waals surface area (Å²) in [5.74, 6) is 0.136. The summed E-state index contributed by atoms with van der Waals surface area (Å²) in [6, 6.07) is 4.78. The topological polar surface area (TPSA) is 61.8 Å². The number of hydrogen-bond acceptors (Lipinski definition) is 5. The lowest BCUT2D eigenvalue weighted by molar-refractivity contribution is -0.137. The van der Waals surface area contributed by atoms with Crippen molar-refractivity contribution in [2.45, 2.75) is 6.92 Å². The quantitative estimate of drug-likeness (QED) is 0.447. The molecular formula is C14H16O5. The number of carbonyl (C=O) groups excluding carboxylic acids is 2. The third-order valence-electron chi connectivity index (χ3n) is 2.33. The van der Waals surface area contributed by atoms with E-state index in [4.69, 9.17) is 9.47 Å². The summed E-state index contributed by atoms with van der Waals surface area (Å²) < 4.78 is 14.9. The van der Waals surface area contributed by atoms with Gasteiger partial charge in [-0.05, 0) is 31.2 Å². The molecule has 0 aliphatic heterocycles. The summed E-state index contributed by atoms with van der Waals surface area (Å²) in [5, 5.41) is 0. The van der Waals surface area contributed by atoms with Crippen molar-refractivity contribution in [2.75, 3.05) is 20.8 Å². The molecule has 19 heavy (non-hydrogen) atoms. The number of methoxy groups -OCH3 is 2. The van der Waals surface area contributed by atoms with E-state index in [1.165, 1.54) is 20.3 Å². The van der Waals surface area contributed by atoms with Gasteiger partial charge in [-0.25, -0.2) is 4.79 Å². The van der Waals surface area contributed by atoms with Gasteiger partial charge in [-0.1, -0.05) is 0 Å². The molecule has 0 unspecified atom stereocenters. The molecule has 0 fully saturated rings. The fraction of sp³-hybridized carbons (Fsp3) is 0.286. The van der Waals surface area contributed by atoms with Crippen LogP contribution in [-0.4, -0.2) is 32.6 Å². The van der Waals surface area contributed by atoms with Gasteiger partial charge in [0.1, 0.15) is 0 Å². The van der Waals surface area contributed by atoms with E-state index in [0.29, 0.717) is 17.1 Å². The Hall–Kier alpha value is -2.30. The minimum Gasteiger partial charge on any atom is -0.493 e. The number of hydrogen-bond donors (Lipinski definition) is 0. The maximum Gasteiger partial charge on any atom is 0.330 e. The maximum atomic E-state index is 11.8. The van der Waals surface area contributed by atoms with Crippen LogP contribution in [0.5, 0.6) is 11.5 Å². The molecule has 0 aliphatic rings. The predicted octanol–water partition coefficient (Wildman–Crippen LogP) is 2.01. The van der Waals surface area contributed by atoms with Crippen LogP contribution in [0.2, 0.25) is 0 Å². The van der Waals surface area contributed by atoms with Crippen molar-refractivity contribution in [1.82, 2.24) is 0 Å². The lowest BCUT2D eigenvalue weighted by Crippen LogP contribution is -2.02. The Balaban J connectivity index is 2.85. The van der Waals surface area contributed by atoms with Crippen LogP contribution < -0.4 is 9.47 Å². The van der Waals surface area contributed by atoms with E-state index in [0.717, 1.165) is 6.08 Å². The first-order valence-electron chi connectivity index (χ1n) is 5.73. The van der Waals surface area contributed by atoms with E-state index >= 15 is 0 Å². The monoisotopic (exact) mass is 264 g/mol. The average Bonchev–Trinajstić information content (AvgIpc) is 2.44. The Bertz CT molecular complexity index is 491. The SMILES string of the molecule is CCOC(=O)C=CC(=O)c1ccc(OC)c(OC)c1. The highest BCUT2D eigenvalue weighted by Crippen LogP contribution is 2.27. The van der Waals surface area contributed by atoms with Gasteiger partial charge in [0.25, 0.3) is 0 Å². The number of carbonyl (C=O) groups is 2. The number of ketones is 1. The first kappa shape index (κ1) is 14.8. The molecule has 5 nitrogen and oxygen atoms in total. The van der Waals surface area contributed by atoms with Gasteiger partial charge in [0, 0.05) is 11.6 Å². The molecule has 1 aromatic rings. The number of benzene rings is 1. The molecule has 0 N–H and O–H groups in total. The molecule has 0 spiro atoms. The first-order valence-corrected chi connectivity index (χ1v) is 5.73. The average molecular weight is 264 g/mol. The van der Waals surface area contributed by atoms with E-state index in [1.54, 1.807) is 25.1 Å². The summed E-state index contributed by atoms with van der Waals surface area (Å²) in [4.78, 5) is 22.9. The van der Waals surface area contributed by atoms with E-state index in [2.05, 4.69) is 4.74 Å². The lowest BCUT2D eigenvalue weighted by atomic mass is 10.1. The fourth-order valence-electron chi connectivity index (χ4n) is 1.42. The van der Waals surface area contributed by atoms with Gasteiger partial charge in [-0.2, -0.15) is 0 Å². The molecule has 0 heterocycles. The summed E-state index contributed by atoms with van der Waals surface area (Å²) in [5.41, 5.74) is 0.401. The molecule has 5 heteroatoms. The van der Waals surface area contributed by atoms with Gasteiger partial charge in [-0.3, -0.25) is 4.79 Å². The highest BCUT2D eigenvalue weighted by Gasteiger charge is 2.09. The second-order valence-corrected chi connectivity index (χ2v) is 3.52. The normalized spacial score (nSPS) is 10.3. The van der Waals surface area contributed by atoms with Crippen LogP contribution in [0.15, 0.2) is 30.4 Å². The van der Waals surface area contributed by atoms with E-state index in [1.807, 2.05) is 0 Å². The van der Waals surface area contributed by atoms with Crippen LogP contribution in [-0.2, 0) is 9.53 Å². The second kappa shape index (κ2) is 7.20.